The predicted molar refractivity (Wildman–Crippen MR) is 63.4 cm³/mol. The molecule has 0 bridgehead atoms. The minimum absolute atomic E-state index is 0.406. The molecular formula is C12H13BN2. The van der Waals surface area contributed by atoms with Crippen molar-refractivity contribution >= 4 is 13.3 Å². The summed E-state index contributed by atoms with van der Waals surface area (Å²) < 4.78 is 2.13. The van der Waals surface area contributed by atoms with Crippen LogP contribution in [0.4, 0.5) is 0 Å². The molecule has 0 spiro atoms. The zero-order chi connectivity index (χ0) is 10.8. The molecule has 0 amide bonds. The van der Waals surface area contributed by atoms with Gasteiger partial charge in [-0.05, 0) is 13.8 Å². The Bertz CT molecular complexity index is 460. The first kappa shape index (κ1) is 10.0. The van der Waals surface area contributed by atoms with E-state index in [4.69, 9.17) is 7.85 Å². The minimum atomic E-state index is 0.406. The average Bonchev–Trinajstić information content (AvgIpc) is 2.65. The maximum atomic E-state index is 5.75. The van der Waals surface area contributed by atoms with Gasteiger partial charge in [0.25, 0.3) is 0 Å². The molecular weight excluding hydrogens is 183 g/mol. The molecule has 0 aliphatic rings. The Morgan fingerprint density at radius 3 is 2.80 bits per heavy atom. The molecule has 1 aromatic carbocycles. The molecule has 0 aliphatic heterocycles. The van der Waals surface area contributed by atoms with Crippen LogP contribution in [0.3, 0.4) is 0 Å². The van der Waals surface area contributed by atoms with Crippen molar-refractivity contribution in [1.29, 1.82) is 0 Å². The largest absolute Gasteiger partial charge is 0.328 e. The van der Waals surface area contributed by atoms with Gasteiger partial charge in [-0.2, -0.15) is 0 Å². The second-order valence-corrected chi connectivity index (χ2v) is 3.88. The molecule has 2 nitrogen and oxygen atoms in total. The number of benzene rings is 1. The van der Waals surface area contributed by atoms with Crippen LogP contribution in [0.2, 0.25) is 0 Å². The van der Waals surface area contributed by atoms with Gasteiger partial charge in [0.05, 0.1) is 0 Å². The molecule has 0 N–H and O–H groups in total. The summed E-state index contributed by atoms with van der Waals surface area (Å²) in [5, 5.41) is 0. The van der Waals surface area contributed by atoms with Gasteiger partial charge >= 0.3 is 0 Å². The van der Waals surface area contributed by atoms with Gasteiger partial charge in [-0.1, -0.05) is 29.7 Å². The summed E-state index contributed by atoms with van der Waals surface area (Å²) in [6, 6.07) is 8.21. The van der Waals surface area contributed by atoms with E-state index < -0.39 is 0 Å². The molecule has 2 aromatic rings. The summed E-state index contributed by atoms with van der Waals surface area (Å²) in [6.45, 7) is 4.27. The van der Waals surface area contributed by atoms with Crippen molar-refractivity contribution in [3.05, 3.63) is 36.7 Å². The first-order valence-electron chi connectivity index (χ1n) is 5.07. The highest BCUT2D eigenvalue weighted by molar-refractivity contribution is 6.32. The fraction of sp³-hybridized carbons (Fsp3) is 0.250. The lowest BCUT2D eigenvalue weighted by molar-refractivity contribution is 0.606. The minimum Gasteiger partial charge on any atom is -0.328 e. The summed E-state index contributed by atoms with van der Waals surface area (Å²) in [5.74, 6) is 0.970. The molecule has 0 fully saturated rings. The molecule has 1 heterocycles. The van der Waals surface area contributed by atoms with Crippen molar-refractivity contribution in [2.24, 2.45) is 0 Å². The van der Waals surface area contributed by atoms with Gasteiger partial charge in [0, 0.05) is 24.0 Å². The normalized spacial score (nSPS) is 10.9. The SMILES string of the molecule is [B]c1cccc(-c2nccn2C(C)C)c1. The highest BCUT2D eigenvalue weighted by Crippen LogP contribution is 2.19. The van der Waals surface area contributed by atoms with E-state index in [2.05, 4.69) is 23.4 Å². The van der Waals surface area contributed by atoms with Crippen LogP contribution in [-0.2, 0) is 0 Å². The molecule has 0 unspecified atom stereocenters. The Hall–Kier alpha value is -1.51. The van der Waals surface area contributed by atoms with Gasteiger partial charge in [-0.3, -0.25) is 0 Å². The van der Waals surface area contributed by atoms with Gasteiger partial charge in [0.2, 0.25) is 0 Å². The number of aromatic nitrogens is 2. The van der Waals surface area contributed by atoms with Crippen molar-refractivity contribution in [2.45, 2.75) is 19.9 Å². The summed E-state index contributed by atoms with van der Waals surface area (Å²) in [4.78, 5) is 4.36. The first-order valence-corrected chi connectivity index (χ1v) is 5.07. The third-order valence-corrected chi connectivity index (χ3v) is 2.37. The Kier molecular flexibility index (Phi) is 2.63. The van der Waals surface area contributed by atoms with Crippen molar-refractivity contribution < 1.29 is 0 Å². The maximum absolute atomic E-state index is 5.75. The number of nitrogens with zero attached hydrogens (tertiary/aromatic N) is 2. The van der Waals surface area contributed by atoms with Gasteiger partial charge in [0.1, 0.15) is 13.7 Å². The fourth-order valence-corrected chi connectivity index (χ4v) is 1.63. The molecule has 0 atom stereocenters. The van der Waals surface area contributed by atoms with E-state index in [-0.39, 0.29) is 0 Å². The van der Waals surface area contributed by atoms with Gasteiger partial charge in [-0.15, -0.1) is 0 Å². The molecule has 0 saturated heterocycles. The first-order chi connectivity index (χ1) is 7.18. The summed E-state index contributed by atoms with van der Waals surface area (Å²) in [6.07, 6.45) is 3.81. The Labute approximate surface area is 91.4 Å². The highest BCUT2D eigenvalue weighted by Gasteiger charge is 2.07. The molecule has 0 aliphatic carbocycles. The quantitative estimate of drug-likeness (QED) is 0.671. The molecule has 15 heavy (non-hydrogen) atoms. The van der Waals surface area contributed by atoms with Crippen LogP contribution >= 0.6 is 0 Å². The van der Waals surface area contributed by atoms with Crippen LogP contribution in [0.1, 0.15) is 19.9 Å². The third-order valence-electron chi connectivity index (χ3n) is 2.37. The zero-order valence-electron chi connectivity index (χ0n) is 9.01. The molecule has 74 valence electrons. The Morgan fingerprint density at radius 1 is 1.33 bits per heavy atom. The lowest BCUT2D eigenvalue weighted by Crippen LogP contribution is -2.05. The third kappa shape index (κ3) is 1.96. The van der Waals surface area contributed by atoms with Crippen molar-refractivity contribution in [3.8, 4) is 11.4 Å². The standard InChI is InChI=1S/C12H13BN2/c1-9(2)15-7-6-14-12(15)10-4-3-5-11(13)8-10/h3-9H,1-2H3. The van der Waals surface area contributed by atoms with E-state index in [0.29, 0.717) is 6.04 Å². The van der Waals surface area contributed by atoms with Crippen LogP contribution in [0.15, 0.2) is 36.7 Å². The second-order valence-electron chi connectivity index (χ2n) is 3.88. The van der Waals surface area contributed by atoms with Gasteiger partial charge in [0.15, 0.2) is 0 Å². The average molecular weight is 196 g/mol. The second kappa shape index (κ2) is 3.93. The Morgan fingerprint density at radius 2 is 2.13 bits per heavy atom. The summed E-state index contributed by atoms with van der Waals surface area (Å²) in [7, 11) is 5.75. The van der Waals surface area contributed by atoms with E-state index in [0.717, 1.165) is 16.9 Å². The number of hydrogen-bond acceptors (Lipinski definition) is 1. The van der Waals surface area contributed by atoms with Gasteiger partial charge in [-0.25, -0.2) is 4.98 Å². The van der Waals surface area contributed by atoms with E-state index in [9.17, 15) is 0 Å². The monoisotopic (exact) mass is 196 g/mol. The molecule has 2 rings (SSSR count). The lowest BCUT2D eigenvalue weighted by atomic mass is 9.94. The number of hydrogen-bond donors (Lipinski definition) is 0. The molecule has 3 heteroatoms. The Balaban J connectivity index is 2.49. The van der Waals surface area contributed by atoms with E-state index >= 15 is 0 Å². The summed E-state index contributed by atoms with van der Waals surface area (Å²) in [5.41, 5.74) is 1.83. The van der Waals surface area contributed by atoms with Crippen LogP contribution in [0, 0.1) is 0 Å². The highest BCUT2D eigenvalue weighted by atomic mass is 15.1. The fourth-order valence-electron chi connectivity index (χ4n) is 1.63. The predicted octanol–water partition coefficient (Wildman–Crippen LogP) is 1.92. The molecule has 2 radical (unpaired) electrons. The van der Waals surface area contributed by atoms with Crippen LogP contribution < -0.4 is 5.46 Å². The van der Waals surface area contributed by atoms with Crippen LogP contribution in [0.25, 0.3) is 11.4 Å². The topological polar surface area (TPSA) is 17.8 Å². The smallest absolute Gasteiger partial charge is 0.140 e. The lowest BCUT2D eigenvalue weighted by Gasteiger charge is -2.11. The van der Waals surface area contributed by atoms with Crippen molar-refractivity contribution in [3.63, 3.8) is 0 Å². The van der Waals surface area contributed by atoms with Crippen molar-refractivity contribution in [2.75, 3.05) is 0 Å². The molecule has 1 aromatic heterocycles. The zero-order valence-corrected chi connectivity index (χ0v) is 9.01. The summed E-state index contributed by atoms with van der Waals surface area (Å²) >= 11 is 0. The molecule has 0 saturated carbocycles. The number of imidazole rings is 1. The number of rotatable bonds is 2. The van der Waals surface area contributed by atoms with Crippen LogP contribution in [0.5, 0.6) is 0 Å². The maximum Gasteiger partial charge on any atom is 0.140 e. The van der Waals surface area contributed by atoms with Crippen LogP contribution in [-0.4, -0.2) is 17.4 Å². The van der Waals surface area contributed by atoms with Gasteiger partial charge < -0.3 is 4.57 Å². The van der Waals surface area contributed by atoms with E-state index in [1.54, 1.807) is 0 Å². The van der Waals surface area contributed by atoms with E-state index in [1.165, 1.54) is 0 Å². The van der Waals surface area contributed by atoms with Crippen molar-refractivity contribution in [1.82, 2.24) is 9.55 Å². The van der Waals surface area contributed by atoms with E-state index in [1.807, 2.05) is 36.7 Å².